The van der Waals surface area contributed by atoms with Crippen molar-refractivity contribution in [2.75, 3.05) is 6.61 Å². The molecular weight excluding hydrogens is 350 g/mol. The van der Waals surface area contributed by atoms with Crippen LogP contribution in [0.2, 0.25) is 0 Å². The molecule has 1 aromatic rings. The number of benzene rings is 1. The van der Waals surface area contributed by atoms with Crippen molar-refractivity contribution >= 4 is 23.3 Å². The van der Waals surface area contributed by atoms with Crippen LogP contribution in [-0.2, 0) is 9.53 Å². The van der Waals surface area contributed by atoms with Crippen molar-refractivity contribution in [2.45, 2.75) is 50.8 Å². The standard InChI is InChI=1S/C19H27N3O3S/c1-12(2)10-25-16(23)15-14(13-7-5-4-6-8-13)9-18(3,24)11-19(15)20-17(26)21-22-19/h4-8,12,14-15,22,24H,9-11H2,1-3H3,(H2,20,21,26). The minimum atomic E-state index is -0.961. The maximum atomic E-state index is 13.1. The molecule has 2 fully saturated rings. The second-order valence-corrected chi connectivity index (χ2v) is 8.48. The van der Waals surface area contributed by atoms with Crippen LogP contribution in [0.15, 0.2) is 30.3 Å². The Morgan fingerprint density at radius 1 is 1.38 bits per heavy atom. The van der Waals surface area contributed by atoms with E-state index in [0.717, 1.165) is 5.56 Å². The van der Waals surface area contributed by atoms with Gasteiger partial charge in [-0.15, -0.1) is 0 Å². The Morgan fingerprint density at radius 3 is 2.65 bits per heavy atom. The van der Waals surface area contributed by atoms with Crippen LogP contribution < -0.4 is 16.2 Å². The molecule has 1 spiro atoms. The molecule has 0 amide bonds. The smallest absolute Gasteiger partial charge is 0.313 e. The molecule has 1 aliphatic heterocycles. The maximum absolute atomic E-state index is 13.1. The molecule has 1 aromatic carbocycles. The second kappa shape index (κ2) is 7.13. The molecule has 1 aliphatic carbocycles. The van der Waals surface area contributed by atoms with E-state index in [4.69, 9.17) is 17.0 Å². The molecule has 0 radical (unpaired) electrons. The Balaban J connectivity index is 2.01. The average Bonchev–Trinajstić information content (AvgIpc) is 2.92. The number of esters is 1. The van der Waals surface area contributed by atoms with Crippen LogP contribution in [0.3, 0.4) is 0 Å². The highest BCUT2D eigenvalue weighted by molar-refractivity contribution is 7.80. The molecule has 4 N–H and O–H groups in total. The van der Waals surface area contributed by atoms with Gasteiger partial charge in [0, 0.05) is 12.3 Å². The van der Waals surface area contributed by atoms with E-state index in [1.54, 1.807) is 6.92 Å². The summed E-state index contributed by atoms with van der Waals surface area (Å²) in [6, 6.07) is 9.81. The zero-order valence-corrected chi connectivity index (χ0v) is 16.2. The molecule has 7 heteroatoms. The summed E-state index contributed by atoms with van der Waals surface area (Å²) >= 11 is 5.23. The van der Waals surface area contributed by atoms with E-state index < -0.39 is 17.2 Å². The van der Waals surface area contributed by atoms with Crippen molar-refractivity contribution in [3.05, 3.63) is 35.9 Å². The number of rotatable bonds is 4. The first kappa shape index (κ1) is 19.1. The highest BCUT2D eigenvalue weighted by Gasteiger charge is 2.58. The predicted molar refractivity (Wildman–Crippen MR) is 103 cm³/mol. The molecular formula is C19H27N3O3S. The van der Waals surface area contributed by atoms with Gasteiger partial charge in [-0.1, -0.05) is 44.2 Å². The van der Waals surface area contributed by atoms with Gasteiger partial charge < -0.3 is 15.2 Å². The van der Waals surface area contributed by atoms with Crippen LogP contribution in [0.25, 0.3) is 0 Å². The first-order chi connectivity index (χ1) is 12.2. The van der Waals surface area contributed by atoms with Gasteiger partial charge in [-0.25, -0.2) is 5.43 Å². The van der Waals surface area contributed by atoms with Crippen LogP contribution in [-0.4, -0.2) is 34.1 Å². The largest absolute Gasteiger partial charge is 0.465 e. The van der Waals surface area contributed by atoms with Gasteiger partial charge in [0.15, 0.2) is 5.11 Å². The summed E-state index contributed by atoms with van der Waals surface area (Å²) in [7, 11) is 0. The van der Waals surface area contributed by atoms with E-state index in [1.807, 2.05) is 44.2 Å². The summed E-state index contributed by atoms with van der Waals surface area (Å²) in [5.41, 5.74) is 5.17. The SMILES string of the molecule is CC(C)COC(=O)C1C(c2ccccc2)CC(C)(O)CC12NNC(=S)N2. The fourth-order valence-corrected chi connectivity index (χ4v) is 4.34. The van der Waals surface area contributed by atoms with E-state index in [9.17, 15) is 9.90 Å². The molecule has 0 aromatic heterocycles. The molecule has 1 heterocycles. The molecule has 1 saturated heterocycles. The average molecular weight is 378 g/mol. The lowest BCUT2D eigenvalue weighted by Crippen LogP contribution is -2.67. The topological polar surface area (TPSA) is 82.6 Å². The molecule has 3 rings (SSSR count). The van der Waals surface area contributed by atoms with Crippen LogP contribution in [0.5, 0.6) is 0 Å². The molecule has 26 heavy (non-hydrogen) atoms. The van der Waals surface area contributed by atoms with Crippen molar-refractivity contribution in [1.29, 1.82) is 0 Å². The lowest BCUT2D eigenvalue weighted by Gasteiger charge is -2.49. The van der Waals surface area contributed by atoms with Crippen LogP contribution >= 0.6 is 12.2 Å². The van der Waals surface area contributed by atoms with Crippen molar-refractivity contribution in [2.24, 2.45) is 11.8 Å². The number of aliphatic hydroxyl groups is 1. The Labute approximate surface area is 159 Å². The second-order valence-electron chi connectivity index (χ2n) is 8.07. The summed E-state index contributed by atoms with van der Waals surface area (Å²) in [6.07, 6.45) is 0.800. The predicted octanol–water partition coefficient (Wildman–Crippen LogP) is 1.81. The minimum Gasteiger partial charge on any atom is -0.465 e. The van der Waals surface area contributed by atoms with Gasteiger partial charge in [0.05, 0.1) is 12.2 Å². The van der Waals surface area contributed by atoms with Gasteiger partial charge in [0.2, 0.25) is 0 Å². The highest BCUT2D eigenvalue weighted by Crippen LogP contribution is 2.47. The fraction of sp³-hybridized carbons (Fsp3) is 0.579. The fourth-order valence-electron chi connectivity index (χ4n) is 4.11. The highest BCUT2D eigenvalue weighted by atomic mass is 32.1. The van der Waals surface area contributed by atoms with Gasteiger partial charge >= 0.3 is 5.97 Å². The Kier molecular flexibility index (Phi) is 5.23. The monoisotopic (exact) mass is 377 g/mol. The molecule has 4 atom stereocenters. The van der Waals surface area contributed by atoms with Crippen LogP contribution in [0.4, 0.5) is 0 Å². The number of hydrogen-bond acceptors (Lipinski definition) is 5. The molecule has 1 saturated carbocycles. The van der Waals surface area contributed by atoms with Crippen molar-refractivity contribution in [1.82, 2.24) is 16.2 Å². The number of carbonyl (C=O) groups is 1. The summed E-state index contributed by atoms with van der Waals surface area (Å²) in [5.74, 6) is -0.769. The lowest BCUT2D eigenvalue weighted by molar-refractivity contribution is -0.160. The summed E-state index contributed by atoms with van der Waals surface area (Å²) in [6.45, 7) is 6.17. The zero-order chi connectivity index (χ0) is 18.9. The van der Waals surface area contributed by atoms with Crippen molar-refractivity contribution in [3.63, 3.8) is 0 Å². The van der Waals surface area contributed by atoms with Gasteiger partial charge in [-0.2, -0.15) is 0 Å². The number of hydrazine groups is 1. The zero-order valence-electron chi connectivity index (χ0n) is 15.4. The number of thiocarbonyl (C=S) groups is 1. The van der Waals surface area contributed by atoms with Gasteiger partial charge in [0.25, 0.3) is 0 Å². The van der Waals surface area contributed by atoms with Crippen LogP contribution in [0.1, 0.15) is 45.1 Å². The Morgan fingerprint density at radius 2 is 2.08 bits per heavy atom. The van der Waals surface area contributed by atoms with E-state index in [-0.39, 0.29) is 17.8 Å². The lowest BCUT2D eigenvalue weighted by atomic mass is 9.64. The third-order valence-corrected chi connectivity index (χ3v) is 5.23. The van der Waals surface area contributed by atoms with E-state index >= 15 is 0 Å². The van der Waals surface area contributed by atoms with Gasteiger partial charge in [0.1, 0.15) is 11.6 Å². The molecule has 2 aliphatic rings. The third-order valence-electron chi connectivity index (χ3n) is 5.03. The number of nitrogens with one attached hydrogen (secondary N) is 3. The van der Waals surface area contributed by atoms with E-state index in [2.05, 4.69) is 16.2 Å². The molecule has 0 bridgehead atoms. The Bertz CT molecular complexity index is 680. The minimum absolute atomic E-state index is 0.206. The molecule has 6 nitrogen and oxygen atoms in total. The van der Waals surface area contributed by atoms with Gasteiger partial charge in [-0.05, 0) is 37.0 Å². The van der Waals surface area contributed by atoms with Gasteiger partial charge in [-0.3, -0.25) is 10.2 Å². The third kappa shape index (κ3) is 3.84. The number of hydrogen-bond donors (Lipinski definition) is 4. The number of ether oxygens (including phenoxy) is 1. The Hall–Kier alpha value is -1.70. The van der Waals surface area contributed by atoms with E-state index in [1.165, 1.54) is 0 Å². The molecule has 4 unspecified atom stereocenters. The summed E-state index contributed by atoms with van der Waals surface area (Å²) < 4.78 is 5.61. The summed E-state index contributed by atoms with van der Waals surface area (Å²) in [5, 5.41) is 14.5. The maximum Gasteiger partial charge on any atom is 0.313 e. The summed E-state index contributed by atoms with van der Waals surface area (Å²) in [4.78, 5) is 13.1. The van der Waals surface area contributed by atoms with E-state index in [0.29, 0.717) is 24.6 Å². The molecule has 142 valence electrons. The normalized spacial score (nSPS) is 33.8. The first-order valence-corrected chi connectivity index (χ1v) is 9.42. The van der Waals surface area contributed by atoms with Crippen molar-refractivity contribution < 1.29 is 14.6 Å². The number of carbonyl (C=O) groups excluding carboxylic acids is 1. The quantitative estimate of drug-likeness (QED) is 0.471. The first-order valence-electron chi connectivity index (χ1n) is 9.02. The van der Waals surface area contributed by atoms with Crippen LogP contribution in [0, 0.1) is 11.8 Å². The van der Waals surface area contributed by atoms with Crippen molar-refractivity contribution in [3.8, 4) is 0 Å².